The molecule has 0 bridgehead atoms. The Balaban J connectivity index is 2.04. The van der Waals surface area contributed by atoms with Crippen LogP contribution in [0.15, 0.2) is 29.4 Å². The van der Waals surface area contributed by atoms with Gasteiger partial charge in [0.1, 0.15) is 15.7 Å². The molecule has 0 aliphatic rings. The molecular weight excluding hydrogens is 380 g/mol. The van der Waals surface area contributed by atoms with Crippen LogP contribution < -0.4 is 4.74 Å². The smallest absolute Gasteiger partial charge is 0.313 e. The van der Waals surface area contributed by atoms with Gasteiger partial charge < -0.3 is 9.84 Å². The monoisotopic (exact) mass is 394 g/mol. The number of aromatic nitrogens is 2. The second-order valence-corrected chi connectivity index (χ2v) is 7.65. The molecule has 0 atom stereocenters. The van der Waals surface area contributed by atoms with Crippen molar-refractivity contribution in [3.63, 3.8) is 0 Å². The Kier molecular flexibility index (Phi) is 5.46. The van der Waals surface area contributed by atoms with Gasteiger partial charge in [-0.05, 0) is 31.5 Å². The zero-order valence-electron chi connectivity index (χ0n) is 13.6. The van der Waals surface area contributed by atoms with Crippen molar-refractivity contribution in [1.29, 1.82) is 0 Å². The number of hydrogen-bond acceptors (Lipinski definition) is 6. The molecular formula is C17H15ClN2O3S2. The van der Waals surface area contributed by atoms with E-state index in [9.17, 15) is 4.79 Å². The van der Waals surface area contributed by atoms with Crippen LogP contribution >= 0.6 is 34.7 Å². The number of nitrogens with zero attached hydrogens (tertiary/aromatic N) is 2. The number of ether oxygens (including phenoxy) is 1. The highest BCUT2D eigenvalue weighted by atomic mass is 35.5. The lowest BCUT2D eigenvalue weighted by atomic mass is 10.0. The quantitative estimate of drug-likeness (QED) is 0.364. The number of carbonyl (C=O) groups is 1. The van der Waals surface area contributed by atoms with E-state index in [0.29, 0.717) is 16.9 Å². The molecule has 3 aromatic rings. The van der Waals surface area contributed by atoms with Crippen molar-refractivity contribution < 1.29 is 14.6 Å². The summed E-state index contributed by atoms with van der Waals surface area (Å²) in [4.78, 5) is 21.3. The first kappa shape index (κ1) is 18.0. The highest BCUT2D eigenvalue weighted by Crippen LogP contribution is 2.41. The topological polar surface area (TPSA) is 72.3 Å². The summed E-state index contributed by atoms with van der Waals surface area (Å²) < 4.78 is 5.48. The van der Waals surface area contributed by atoms with Crippen LogP contribution in [0.3, 0.4) is 0 Å². The van der Waals surface area contributed by atoms with Crippen LogP contribution in [0.25, 0.3) is 21.3 Å². The van der Waals surface area contributed by atoms with Gasteiger partial charge in [0.05, 0.1) is 17.7 Å². The Hall–Kier alpha value is -1.83. The Labute approximate surface area is 158 Å². The molecule has 0 saturated heterocycles. The molecule has 8 heteroatoms. The normalized spacial score (nSPS) is 11.0. The molecule has 0 amide bonds. The van der Waals surface area contributed by atoms with Crippen LogP contribution in [-0.4, -0.2) is 33.4 Å². The Morgan fingerprint density at radius 3 is 2.68 bits per heavy atom. The van der Waals surface area contributed by atoms with E-state index in [0.717, 1.165) is 43.7 Å². The van der Waals surface area contributed by atoms with Crippen LogP contribution in [0.2, 0.25) is 5.15 Å². The van der Waals surface area contributed by atoms with Crippen molar-refractivity contribution >= 4 is 50.9 Å². The molecule has 0 saturated carbocycles. The largest absolute Gasteiger partial charge is 0.494 e. The van der Waals surface area contributed by atoms with Crippen LogP contribution in [0.1, 0.15) is 11.8 Å². The lowest BCUT2D eigenvalue weighted by molar-refractivity contribution is -0.133. The minimum atomic E-state index is -0.915. The van der Waals surface area contributed by atoms with Crippen LogP contribution in [0.4, 0.5) is 0 Å². The van der Waals surface area contributed by atoms with Gasteiger partial charge in [-0.3, -0.25) is 4.79 Å². The summed E-state index contributed by atoms with van der Waals surface area (Å²) in [7, 11) is 0. The fourth-order valence-corrected chi connectivity index (χ4v) is 4.51. The SMILES string of the molecule is CCOc1ccc(-c2c(C)sc3nc(SCC(=O)O)nc(Cl)c23)cc1. The predicted octanol–water partition coefficient (Wildman–Crippen LogP) is 4.90. The number of benzene rings is 1. The lowest BCUT2D eigenvalue weighted by Crippen LogP contribution is -1.99. The number of hydrogen-bond donors (Lipinski definition) is 1. The number of thiophene rings is 1. The van der Waals surface area contributed by atoms with E-state index >= 15 is 0 Å². The summed E-state index contributed by atoms with van der Waals surface area (Å²) >= 11 is 8.98. The highest BCUT2D eigenvalue weighted by molar-refractivity contribution is 7.99. The van der Waals surface area contributed by atoms with Gasteiger partial charge >= 0.3 is 5.97 Å². The third-order valence-electron chi connectivity index (χ3n) is 3.44. The molecule has 130 valence electrons. The molecule has 5 nitrogen and oxygen atoms in total. The molecule has 1 N–H and O–H groups in total. The minimum Gasteiger partial charge on any atom is -0.494 e. The number of carboxylic acids is 1. The molecule has 25 heavy (non-hydrogen) atoms. The zero-order valence-corrected chi connectivity index (χ0v) is 16.0. The molecule has 0 aliphatic heterocycles. The fourth-order valence-electron chi connectivity index (χ4n) is 2.47. The van der Waals surface area contributed by atoms with Gasteiger partial charge in [-0.25, -0.2) is 9.97 Å². The Bertz CT molecular complexity index is 926. The van der Waals surface area contributed by atoms with Crippen LogP contribution in [0, 0.1) is 6.92 Å². The molecule has 2 heterocycles. The first-order valence-electron chi connectivity index (χ1n) is 7.54. The summed E-state index contributed by atoms with van der Waals surface area (Å²) in [5, 5.41) is 10.3. The number of carboxylic acid groups (broad SMARTS) is 1. The van der Waals surface area contributed by atoms with Gasteiger partial charge in [-0.15, -0.1) is 11.3 Å². The molecule has 0 aliphatic carbocycles. The molecule has 3 rings (SSSR count). The molecule has 0 fully saturated rings. The van der Waals surface area contributed by atoms with Crippen molar-refractivity contribution in [2.24, 2.45) is 0 Å². The average Bonchev–Trinajstić information content (AvgIpc) is 2.90. The second kappa shape index (κ2) is 7.59. The van der Waals surface area contributed by atoms with Gasteiger partial charge in [0, 0.05) is 10.4 Å². The van der Waals surface area contributed by atoms with Crippen molar-refractivity contribution in [2.75, 3.05) is 12.4 Å². The number of halogens is 1. The first-order valence-corrected chi connectivity index (χ1v) is 9.72. The number of aryl methyl sites for hydroxylation is 1. The Morgan fingerprint density at radius 2 is 2.04 bits per heavy atom. The molecule has 0 spiro atoms. The fraction of sp³-hybridized carbons (Fsp3) is 0.235. The van der Waals surface area contributed by atoms with E-state index in [1.807, 2.05) is 38.1 Å². The van der Waals surface area contributed by atoms with Crippen molar-refractivity contribution in [1.82, 2.24) is 9.97 Å². The van der Waals surface area contributed by atoms with Gasteiger partial charge in [0.15, 0.2) is 5.16 Å². The zero-order chi connectivity index (χ0) is 18.0. The summed E-state index contributed by atoms with van der Waals surface area (Å²) in [6.45, 7) is 4.58. The lowest BCUT2D eigenvalue weighted by Gasteiger charge is -2.06. The van der Waals surface area contributed by atoms with E-state index in [1.165, 1.54) is 11.3 Å². The number of aliphatic carboxylic acids is 1. The third kappa shape index (κ3) is 3.89. The summed E-state index contributed by atoms with van der Waals surface area (Å²) in [6, 6.07) is 7.83. The minimum absolute atomic E-state index is 0.0993. The standard InChI is InChI=1S/C17H15ClN2O3S2/c1-3-23-11-6-4-10(5-7-11)13-9(2)25-16-14(13)15(18)19-17(20-16)24-8-12(21)22/h4-7H,3,8H2,1-2H3,(H,21,22). The van der Waals surface area contributed by atoms with E-state index in [1.54, 1.807) is 0 Å². The summed E-state index contributed by atoms with van der Waals surface area (Å²) in [5.41, 5.74) is 2.02. The maximum atomic E-state index is 10.7. The second-order valence-electron chi connectivity index (χ2n) is 5.15. The van der Waals surface area contributed by atoms with E-state index < -0.39 is 5.97 Å². The van der Waals surface area contributed by atoms with Crippen LogP contribution in [0.5, 0.6) is 5.75 Å². The van der Waals surface area contributed by atoms with Gasteiger partial charge in [0.25, 0.3) is 0 Å². The number of fused-ring (bicyclic) bond motifs is 1. The van der Waals surface area contributed by atoms with Gasteiger partial charge in [-0.1, -0.05) is 35.5 Å². The summed E-state index contributed by atoms with van der Waals surface area (Å²) in [6.07, 6.45) is 0. The molecule has 2 aromatic heterocycles. The maximum absolute atomic E-state index is 10.7. The average molecular weight is 395 g/mol. The van der Waals surface area contributed by atoms with Crippen molar-refractivity contribution in [3.05, 3.63) is 34.3 Å². The highest BCUT2D eigenvalue weighted by Gasteiger charge is 2.18. The van der Waals surface area contributed by atoms with E-state index in [-0.39, 0.29) is 5.75 Å². The van der Waals surface area contributed by atoms with Crippen molar-refractivity contribution in [2.45, 2.75) is 19.0 Å². The third-order valence-corrected chi connectivity index (χ3v) is 5.55. The van der Waals surface area contributed by atoms with Gasteiger partial charge in [0.2, 0.25) is 0 Å². The van der Waals surface area contributed by atoms with E-state index in [4.69, 9.17) is 21.4 Å². The maximum Gasteiger partial charge on any atom is 0.313 e. The predicted molar refractivity (Wildman–Crippen MR) is 102 cm³/mol. The first-order chi connectivity index (χ1) is 12.0. The number of rotatable bonds is 6. The molecule has 1 aromatic carbocycles. The summed E-state index contributed by atoms with van der Waals surface area (Å²) in [5.74, 6) is -0.196. The van der Waals surface area contributed by atoms with Crippen molar-refractivity contribution in [3.8, 4) is 16.9 Å². The van der Waals surface area contributed by atoms with Gasteiger partial charge in [-0.2, -0.15) is 0 Å². The number of thioether (sulfide) groups is 1. The molecule has 0 unspecified atom stereocenters. The van der Waals surface area contributed by atoms with Crippen LogP contribution in [-0.2, 0) is 4.79 Å². The van der Waals surface area contributed by atoms with E-state index in [2.05, 4.69) is 9.97 Å². The Morgan fingerprint density at radius 1 is 1.32 bits per heavy atom. The molecule has 0 radical (unpaired) electrons.